The van der Waals surface area contributed by atoms with E-state index in [4.69, 9.17) is 4.74 Å². The summed E-state index contributed by atoms with van der Waals surface area (Å²) in [7, 11) is 1.56. The number of hydrogen-bond donors (Lipinski definition) is 2. The molecule has 0 saturated heterocycles. The van der Waals surface area contributed by atoms with Crippen LogP contribution in [0.25, 0.3) is 0 Å². The van der Waals surface area contributed by atoms with Crippen LogP contribution in [-0.2, 0) is 4.79 Å². The number of benzene rings is 2. The normalized spacial score (nSPS) is 10.0. The first-order valence-corrected chi connectivity index (χ1v) is 7.28. The molecule has 0 fully saturated rings. The topological polar surface area (TPSA) is 67.4 Å². The number of rotatable bonds is 5. The van der Waals surface area contributed by atoms with Gasteiger partial charge in [-0.3, -0.25) is 9.59 Å². The van der Waals surface area contributed by atoms with Crippen molar-refractivity contribution in [3.63, 3.8) is 0 Å². The predicted molar refractivity (Wildman–Crippen MR) is 89.9 cm³/mol. The molecule has 0 unspecified atom stereocenters. The Morgan fingerprint density at radius 1 is 1.04 bits per heavy atom. The fourth-order valence-corrected chi connectivity index (χ4v) is 2.27. The molecule has 2 aromatic rings. The van der Waals surface area contributed by atoms with E-state index in [2.05, 4.69) is 10.6 Å². The zero-order chi connectivity index (χ0) is 16.8. The van der Waals surface area contributed by atoms with Crippen LogP contribution >= 0.6 is 0 Å². The molecule has 0 saturated carbocycles. The predicted octanol–water partition coefficient (Wildman–Crippen LogP) is 2.68. The summed E-state index contributed by atoms with van der Waals surface area (Å²) in [5.41, 5.74) is 3.19. The first-order valence-electron chi connectivity index (χ1n) is 7.28. The van der Waals surface area contributed by atoms with E-state index in [0.717, 1.165) is 11.1 Å². The minimum Gasteiger partial charge on any atom is -0.497 e. The van der Waals surface area contributed by atoms with Crippen molar-refractivity contribution in [1.29, 1.82) is 0 Å². The molecule has 2 rings (SSSR count). The summed E-state index contributed by atoms with van der Waals surface area (Å²) in [5, 5.41) is 5.33. The molecule has 2 amide bonds. The van der Waals surface area contributed by atoms with Gasteiger partial charge in [-0.25, -0.2) is 0 Å². The van der Waals surface area contributed by atoms with Crippen LogP contribution < -0.4 is 15.4 Å². The van der Waals surface area contributed by atoms with Crippen molar-refractivity contribution in [1.82, 2.24) is 5.32 Å². The fourth-order valence-electron chi connectivity index (χ4n) is 2.27. The highest BCUT2D eigenvalue weighted by Gasteiger charge is 2.09. The maximum absolute atomic E-state index is 12.1. The zero-order valence-electron chi connectivity index (χ0n) is 13.5. The highest BCUT2D eigenvalue weighted by atomic mass is 16.5. The molecule has 23 heavy (non-hydrogen) atoms. The number of carbonyl (C=O) groups excluding carboxylic acids is 2. The summed E-state index contributed by atoms with van der Waals surface area (Å²) in [6.45, 7) is 3.77. The fraction of sp³-hybridized carbons (Fsp3) is 0.222. The lowest BCUT2D eigenvalue weighted by molar-refractivity contribution is -0.115. The lowest BCUT2D eigenvalue weighted by atomic mass is 10.1. The molecule has 120 valence electrons. The molecule has 2 N–H and O–H groups in total. The summed E-state index contributed by atoms with van der Waals surface area (Å²) in [6, 6.07) is 12.6. The first kappa shape index (κ1) is 16.5. The van der Waals surface area contributed by atoms with Crippen LogP contribution in [-0.4, -0.2) is 25.5 Å². The average molecular weight is 312 g/mol. The third kappa shape index (κ3) is 4.85. The van der Waals surface area contributed by atoms with Gasteiger partial charge in [0.25, 0.3) is 5.91 Å². The van der Waals surface area contributed by atoms with Crippen molar-refractivity contribution in [2.75, 3.05) is 19.0 Å². The van der Waals surface area contributed by atoms with Crippen LogP contribution in [0.5, 0.6) is 5.75 Å². The number of hydrogen-bond acceptors (Lipinski definition) is 3. The average Bonchev–Trinajstić information content (AvgIpc) is 2.51. The highest BCUT2D eigenvalue weighted by molar-refractivity contribution is 5.99. The molecule has 5 nitrogen and oxygen atoms in total. The smallest absolute Gasteiger partial charge is 0.251 e. The van der Waals surface area contributed by atoms with Gasteiger partial charge in [0.15, 0.2) is 0 Å². The number of amides is 2. The van der Waals surface area contributed by atoms with Gasteiger partial charge in [-0.15, -0.1) is 0 Å². The zero-order valence-corrected chi connectivity index (χ0v) is 13.5. The van der Waals surface area contributed by atoms with Gasteiger partial charge in [-0.05, 0) is 38.1 Å². The summed E-state index contributed by atoms with van der Waals surface area (Å²) < 4.78 is 5.09. The van der Waals surface area contributed by atoms with Crippen LogP contribution in [0.3, 0.4) is 0 Å². The second kappa shape index (κ2) is 7.45. The van der Waals surface area contributed by atoms with Gasteiger partial charge in [0.2, 0.25) is 5.91 Å². The van der Waals surface area contributed by atoms with Gasteiger partial charge in [0, 0.05) is 17.3 Å². The van der Waals surface area contributed by atoms with Crippen LogP contribution in [0.4, 0.5) is 5.69 Å². The van der Waals surface area contributed by atoms with Gasteiger partial charge < -0.3 is 15.4 Å². The van der Waals surface area contributed by atoms with Crippen LogP contribution in [0.1, 0.15) is 21.5 Å². The Morgan fingerprint density at radius 2 is 1.74 bits per heavy atom. The van der Waals surface area contributed by atoms with Crippen molar-refractivity contribution in [2.45, 2.75) is 13.8 Å². The maximum Gasteiger partial charge on any atom is 0.251 e. The van der Waals surface area contributed by atoms with Gasteiger partial charge in [0.05, 0.1) is 13.7 Å². The van der Waals surface area contributed by atoms with E-state index in [-0.39, 0.29) is 18.4 Å². The molecule has 0 aromatic heterocycles. The quantitative estimate of drug-likeness (QED) is 0.892. The number of carbonyl (C=O) groups is 2. The van der Waals surface area contributed by atoms with Gasteiger partial charge in [-0.1, -0.05) is 23.3 Å². The Balaban J connectivity index is 1.92. The molecule has 0 atom stereocenters. The van der Waals surface area contributed by atoms with E-state index in [9.17, 15) is 9.59 Å². The minimum absolute atomic E-state index is 0.0942. The Hall–Kier alpha value is -2.82. The van der Waals surface area contributed by atoms with E-state index in [1.807, 2.05) is 19.9 Å². The molecular formula is C18H20N2O3. The Kier molecular flexibility index (Phi) is 5.36. The van der Waals surface area contributed by atoms with Crippen LogP contribution in [0.15, 0.2) is 42.5 Å². The third-order valence-corrected chi connectivity index (χ3v) is 3.25. The number of methoxy groups -OCH3 is 1. The van der Waals surface area contributed by atoms with E-state index >= 15 is 0 Å². The van der Waals surface area contributed by atoms with E-state index < -0.39 is 0 Å². The molecule has 0 heterocycles. The van der Waals surface area contributed by atoms with E-state index in [0.29, 0.717) is 17.0 Å². The van der Waals surface area contributed by atoms with E-state index in [1.165, 1.54) is 0 Å². The van der Waals surface area contributed by atoms with Crippen molar-refractivity contribution in [2.24, 2.45) is 0 Å². The van der Waals surface area contributed by atoms with Gasteiger partial charge in [0.1, 0.15) is 5.75 Å². The molecular weight excluding hydrogens is 292 g/mol. The SMILES string of the molecule is COc1cccc(NC(=O)CNC(=O)c2cc(C)cc(C)c2)c1. The molecule has 0 spiro atoms. The Labute approximate surface area is 135 Å². The van der Waals surface area contributed by atoms with Gasteiger partial charge in [-0.2, -0.15) is 0 Å². The maximum atomic E-state index is 12.1. The summed E-state index contributed by atoms with van der Waals surface area (Å²) >= 11 is 0. The van der Waals surface area contributed by atoms with Crippen molar-refractivity contribution >= 4 is 17.5 Å². The monoisotopic (exact) mass is 312 g/mol. The molecule has 0 aliphatic heterocycles. The summed E-state index contributed by atoms with van der Waals surface area (Å²) in [6.07, 6.45) is 0. The molecule has 2 aromatic carbocycles. The summed E-state index contributed by atoms with van der Waals surface area (Å²) in [5.74, 6) is 0.0932. The first-order chi connectivity index (χ1) is 11.0. The van der Waals surface area contributed by atoms with Crippen LogP contribution in [0, 0.1) is 13.8 Å². The van der Waals surface area contributed by atoms with Crippen LogP contribution in [0.2, 0.25) is 0 Å². The van der Waals surface area contributed by atoms with Crippen molar-refractivity contribution < 1.29 is 14.3 Å². The minimum atomic E-state index is -0.295. The molecule has 5 heteroatoms. The van der Waals surface area contributed by atoms with Gasteiger partial charge >= 0.3 is 0 Å². The Morgan fingerprint density at radius 3 is 2.39 bits per heavy atom. The Bertz CT molecular complexity index is 706. The lowest BCUT2D eigenvalue weighted by Gasteiger charge is -2.09. The molecule has 0 aliphatic rings. The number of anilines is 1. The molecule has 0 aliphatic carbocycles. The molecule has 0 bridgehead atoms. The van der Waals surface area contributed by atoms with Crippen molar-refractivity contribution in [3.8, 4) is 5.75 Å². The van der Waals surface area contributed by atoms with Crippen molar-refractivity contribution in [3.05, 3.63) is 59.2 Å². The highest BCUT2D eigenvalue weighted by Crippen LogP contribution is 2.16. The lowest BCUT2D eigenvalue weighted by Crippen LogP contribution is -2.32. The van der Waals surface area contributed by atoms with E-state index in [1.54, 1.807) is 43.5 Å². The summed E-state index contributed by atoms with van der Waals surface area (Å²) in [4.78, 5) is 24.0. The number of aryl methyl sites for hydroxylation is 2. The standard InChI is InChI=1S/C18H20N2O3/c1-12-7-13(2)9-14(8-12)18(22)19-11-17(21)20-15-5-4-6-16(10-15)23-3/h4-10H,11H2,1-3H3,(H,19,22)(H,20,21). The number of ether oxygens (including phenoxy) is 1. The third-order valence-electron chi connectivity index (χ3n) is 3.25. The number of nitrogens with one attached hydrogen (secondary N) is 2. The molecule has 0 radical (unpaired) electrons. The second-order valence-corrected chi connectivity index (χ2v) is 5.34. The largest absolute Gasteiger partial charge is 0.497 e. The second-order valence-electron chi connectivity index (χ2n) is 5.34.